The van der Waals surface area contributed by atoms with E-state index in [0.29, 0.717) is 0 Å². The van der Waals surface area contributed by atoms with E-state index in [-0.39, 0.29) is 5.41 Å². The Hall–Kier alpha value is -1.54. The lowest BCUT2D eigenvalue weighted by atomic mass is 9.85. The van der Waals surface area contributed by atoms with Crippen molar-refractivity contribution in [3.63, 3.8) is 0 Å². The molecule has 0 unspecified atom stereocenters. The number of para-hydroxylation sites is 1. The highest BCUT2D eigenvalue weighted by Gasteiger charge is 2.20. The van der Waals surface area contributed by atoms with E-state index in [9.17, 15) is 0 Å². The fourth-order valence-electron chi connectivity index (χ4n) is 2.69. The van der Waals surface area contributed by atoms with E-state index in [0.717, 1.165) is 0 Å². The monoisotopic (exact) mass is 327 g/mol. The van der Waals surface area contributed by atoms with Crippen LogP contribution in [0, 0.1) is 0 Å². The van der Waals surface area contributed by atoms with Gasteiger partial charge >= 0.3 is 0 Å². The molecule has 0 aliphatic heterocycles. The van der Waals surface area contributed by atoms with E-state index in [1.165, 1.54) is 27.6 Å². The number of aromatic nitrogens is 1. The average molecular weight is 328 g/mol. The van der Waals surface area contributed by atoms with Crippen molar-refractivity contribution >= 4 is 27.1 Å². The molecule has 0 amide bonds. The van der Waals surface area contributed by atoms with Gasteiger partial charge in [0.2, 0.25) is 0 Å². The number of fused-ring (bicyclic) bond motifs is 1. The number of nitrogens with zero attached hydrogens (tertiary/aromatic N) is 1. The van der Waals surface area contributed by atoms with Gasteiger partial charge in [0.25, 0.3) is 0 Å². The van der Waals surface area contributed by atoms with Crippen LogP contribution in [0.1, 0.15) is 26.3 Å². The highest BCUT2D eigenvalue weighted by molar-refractivity contribution is 9.08. The zero-order valence-electron chi connectivity index (χ0n) is 12.0. The second kappa shape index (κ2) is 4.78. The molecule has 1 aromatic heterocycles. The van der Waals surface area contributed by atoms with Gasteiger partial charge in [-0.2, -0.15) is 0 Å². The molecule has 0 bridgehead atoms. The topological polar surface area (TPSA) is 4.93 Å². The van der Waals surface area contributed by atoms with Crippen LogP contribution in [-0.4, -0.2) is 3.59 Å². The smallest absolute Gasteiger partial charge is 0.0635 e. The maximum atomic E-state index is 3.67. The largest absolute Gasteiger partial charge is 0.283 e. The third-order valence-corrected chi connectivity index (χ3v) is 4.23. The Balaban J connectivity index is 2.34. The molecule has 1 heterocycles. The van der Waals surface area contributed by atoms with Crippen LogP contribution in [0.5, 0.6) is 0 Å². The van der Waals surface area contributed by atoms with Crippen molar-refractivity contribution in [3.8, 4) is 11.1 Å². The third-order valence-electron chi connectivity index (χ3n) is 3.68. The highest BCUT2D eigenvalue weighted by atomic mass is 79.9. The Morgan fingerprint density at radius 1 is 0.900 bits per heavy atom. The number of rotatable bonds is 1. The van der Waals surface area contributed by atoms with Crippen LogP contribution >= 0.6 is 16.1 Å². The predicted molar refractivity (Wildman–Crippen MR) is 90.4 cm³/mol. The van der Waals surface area contributed by atoms with Gasteiger partial charge in [-0.25, -0.2) is 0 Å². The van der Waals surface area contributed by atoms with Crippen LogP contribution in [0.15, 0.2) is 54.7 Å². The third kappa shape index (κ3) is 2.18. The van der Waals surface area contributed by atoms with Crippen LogP contribution in [0.4, 0.5) is 0 Å². The minimum absolute atomic E-state index is 0.122. The summed E-state index contributed by atoms with van der Waals surface area (Å²) in [7, 11) is 0. The second-order valence-corrected chi connectivity index (χ2v) is 6.94. The first-order valence-electron chi connectivity index (χ1n) is 6.84. The standard InChI is InChI=1S/C18H18BrN/c1-18(2,3)16-11-7-10-14-15(12-20(19)17(14)16)13-8-5-4-6-9-13/h4-12H,1-3H3. The average Bonchev–Trinajstić information content (AvgIpc) is 2.76. The van der Waals surface area contributed by atoms with Gasteiger partial charge in [0, 0.05) is 17.1 Å². The van der Waals surface area contributed by atoms with Crippen molar-refractivity contribution in [2.75, 3.05) is 0 Å². The molecule has 0 N–H and O–H groups in total. The number of benzene rings is 2. The minimum Gasteiger partial charge on any atom is -0.283 e. The summed E-state index contributed by atoms with van der Waals surface area (Å²) in [4.78, 5) is 0. The lowest BCUT2D eigenvalue weighted by Crippen LogP contribution is -2.12. The molecule has 20 heavy (non-hydrogen) atoms. The van der Waals surface area contributed by atoms with Gasteiger partial charge in [-0.05, 0) is 16.5 Å². The number of hydrogen-bond acceptors (Lipinski definition) is 0. The summed E-state index contributed by atoms with van der Waals surface area (Å²) in [6.07, 6.45) is 2.16. The minimum atomic E-state index is 0.122. The van der Waals surface area contributed by atoms with E-state index in [4.69, 9.17) is 0 Å². The SMILES string of the molecule is CC(C)(C)c1cccc2c(-c3ccccc3)cn(Br)c12. The maximum Gasteiger partial charge on any atom is 0.0635 e. The summed E-state index contributed by atoms with van der Waals surface area (Å²) >= 11 is 3.67. The van der Waals surface area contributed by atoms with Crippen LogP contribution in [-0.2, 0) is 5.41 Å². The molecule has 102 valence electrons. The van der Waals surface area contributed by atoms with Gasteiger partial charge in [-0.3, -0.25) is 3.59 Å². The number of hydrogen-bond donors (Lipinski definition) is 0. The Morgan fingerprint density at radius 3 is 2.25 bits per heavy atom. The van der Waals surface area contributed by atoms with Crippen molar-refractivity contribution in [1.82, 2.24) is 3.59 Å². The first-order valence-corrected chi connectivity index (χ1v) is 7.55. The van der Waals surface area contributed by atoms with Gasteiger partial charge in [0.15, 0.2) is 0 Å². The molecule has 0 fully saturated rings. The zero-order valence-corrected chi connectivity index (χ0v) is 13.6. The summed E-state index contributed by atoms with van der Waals surface area (Å²) in [6.45, 7) is 6.76. The lowest BCUT2D eigenvalue weighted by molar-refractivity contribution is 0.594. The zero-order chi connectivity index (χ0) is 14.3. The van der Waals surface area contributed by atoms with Crippen LogP contribution in [0.2, 0.25) is 0 Å². The Labute approximate surface area is 128 Å². The first kappa shape index (κ1) is 13.4. The molecule has 0 saturated heterocycles. The Kier molecular flexibility index (Phi) is 3.21. The van der Waals surface area contributed by atoms with Gasteiger partial charge in [-0.15, -0.1) is 0 Å². The fourth-order valence-corrected chi connectivity index (χ4v) is 3.28. The summed E-state index contributed by atoms with van der Waals surface area (Å²) in [5.41, 5.74) is 5.26. The summed E-state index contributed by atoms with van der Waals surface area (Å²) in [5.74, 6) is 0. The lowest BCUT2D eigenvalue weighted by Gasteiger charge is -2.20. The second-order valence-electron chi connectivity index (χ2n) is 6.17. The fraction of sp³-hybridized carbons (Fsp3) is 0.222. The molecule has 0 aliphatic carbocycles. The predicted octanol–water partition coefficient (Wildman–Crippen LogP) is 5.76. The number of halogens is 1. The van der Waals surface area contributed by atoms with Gasteiger partial charge < -0.3 is 0 Å². The van der Waals surface area contributed by atoms with E-state index in [2.05, 4.69) is 95.2 Å². The van der Waals surface area contributed by atoms with Crippen molar-refractivity contribution < 1.29 is 0 Å². The molecule has 0 atom stereocenters. The van der Waals surface area contributed by atoms with E-state index < -0.39 is 0 Å². The van der Waals surface area contributed by atoms with Gasteiger partial charge in [0.1, 0.15) is 0 Å². The molecule has 0 aliphatic rings. The van der Waals surface area contributed by atoms with Crippen molar-refractivity contribution in [2.45, 2.75) is 26.2 Å². The summed E-state index contributed by atoms with van der Waals surface area (Å²) < 4.78 is 2.07. The van der Waals surface area contributed by atoms with Crippen LogP contribution in [0.25, 0.3) is 22.0 Å². The maximum absolute atomic E-state index is 3.67. The molecule has 0 saturated carbocycles. The molecule has 3 aromatic rings. The quantitative estimate of drug-likeness (QED) is 0.535. The molecular formula is C18H18BrN. The first-order chi connectivity index (χ1) is 9.48. The summed E-state index contributed by atoms with van der Waals surface area (Å²) in [5, 5.41) is 1.29. The van der Waals surface area contributed by atoms with E-state index >= 15 is 0 Å². The molecule has 2 aromatic carbocycles. The van der Waals surface area contributed by atoms with Crippen molar-refractivity contribution in [2.24, 2.45) is 0 Å². The van der Waals surface area contributed by atoms with Crippen molar-refractivity contribution in [3.05, 3.63) is 60.3 Å². The van der Waals surface area contributed by atoms with Crippen LogP contribution < -0.4 is 0 Å². The Bertz CT molecular complexity index is 748. The van der Waals surface area contributed by atoms with E-state index in [1.807, 2.05) is 0 Å². The van der Waals surface area contributed by atoms with Gasteiger partial charge in [-0.1, -0.05) is 69.3 Å². The van der Waals surface area contributed by atoms with Gasteiger partial charge in [0.05, 0.1) is 21.7 Å². The highest BCUT2D eigenvalue weighted by Crippen LogP contribution is 2.37. The normalized spacial score (nSPS) is 12.0. The summed E-state index contributed by atoms with van der Waals surface area (Å²) in [6, 6.07) is 17.1. The molecule has 2 heteroatoms. The van der Waals surface area contributed by atoms with Crippen molar-refractivity contribution in [1.29, 1.82) is 0 Å². The molecule has 3 rings (SSSR count). The molecular weight excluding hydrogens is 310 g/mol. The van der Waals surface area contributed by atoms with Crippen LogP contribution in [0.3, 0.4) is 0 Å². The molecule has 1 nitrogen and oxygen atoms in total. The molecule has 0 spiro atoms. The van der Waals surface area contributed by atoms with E-state index in [1.54, 1.807) is 0 Å². The Morgan fingerprint density at radius 2 is 1.60 bits per heavy atom. The molecule has 0 radical (unpaired) electrons.